The molecule has 0 spiro atoms. The third-order valence-electron chi connectivity index (χ3n) is 0.542. The predicted molar refractivity (Wildman–Crippen MR) is 52.2 cm³/mol. The van der Waals surface area contributed by atoms with E-state index < -0.39 is 10.4 Å². The van der Waals surface area contributed by atoms with Gasteiger partial charge in [-0.15, -0.1) is 0 Å². The van der Waals surface area contributed by atoms with E-state index in [1.54, 1.807) is 0 Å². The van der Waals surface area contributed by atoms with Crippen molar-refractivity contribution < 1.29 is 49.7 Å². The second-order valence-electron chi connectivity index (χ2n) is 4.80. The van der Waals surface area contributed by atoms with Crippen LogP contribution < -0.4 is 0 Å². The molecular weight excluding hydrogens is 332 g/mol. The molecule has 0 aliphatic heterocycles. The maximum Gasteiger partial charge on any atom is 0.0952 e. The molecule has 0 aromatic carbocycles. The van der Waals surface area contributed by atoms with Gasteiger partial charge >= 0.3 is 0 Å². The Kier molecular flexibility index (Phi) is 10.6. The van der Waals surface area contributed by atoms with Gasteiger partial charge in [-0.2, -0.15) is 0 Å². The van der Waals surface area contributed by atoms with E-state index in [9.17, 15) is 0 Å². The number of rotatable bonds is 1. The molecule has 0 saturated carbocycles. The van der Waals surface area contributed by atoms with Crippen molar-refractivity contribution in [1.82, 2.24) is 0 Å². The first-order chi connectivity index (χ1) is 6.21. The van der Waals surface area contributed by atoms with E-state index in [-0.39, 0.29) is 33.6 Å². The Balaban J connectivity index is -0.000000242. The summed E-state index contributed by atoms with van der Waals surface area (Å²) in [6.07, 6.45) is 0. The molecule has 0 atom stereocenters. The summed E-state index contributed by atoms with van der Waals surface area (Å²) in [7, 11) is -5.17. The first-order valence-electron chi connectivity index (χ1n) is 4.24. The average molecular weight is 350 g/mol. The van der Waals surface area contributed by atoms with Gasteiger partial charge in [-0.05, 0) is 41.5 Å². The molecule has 0 saturated heterocycles. The van der Waals surface area contributed by atoms with E-state index in [1.165, 1.54) is 0 Å². The van der Waals surface area contributed by atoms with Crippen LogP contribution in [0.25, 0.3) is 0 Å². The Labute approximate surface area is 113 Å². The van der Waals surface area contributed by atoms with Crippen molar-refractivity contribution in [3.8, 4) is 0 Å². The van der Waals surface area contributed by atoms with Gasteiger partial charge in [0, 0.05) is 32.8 Å². The fourth-order valence-electron chi connectivity index (χ4n) is 0.250. The van der Waals surface area contributed by atoms with E-state index in [4.69, 9.17) is 27.3 Å². The zero-order chi connectivity index (χ0) is 12.9. The molecule has 6 nitrogen and oxygen atoms in total. The minimum absolute atomic E-state index is 0. The van der Waals surface area contributed by atoms with Gasteiger partial charge < -0.3 is 9.11 Å². The molecular formula is C8H18AgO6S-2. The van der Waals surface area contributed by atoms with Crippen LogP contribution in [0.5, 0.6) is 0 Å². The van der Waals surface area contributed by atoms with Crippen LogP contribution in [0.2, 0.25) is 0 Å². The summed E-state index contributed by atoms with van der Waals surface area (Å²) in [5.41, 5.74) is -0.430. The largest absolute Gasteiger partial charge is 0.759 e. The van der Waals surface area contributed by atoms with Gasteiger partial charge in [0.15, 0.2) is 0 Å². The summed E-state index contributed by atoms with van der Waals surface area (Å²) >= 11 is 0. The number of hydrogen-bond donors (Lipinski definition) is 0. The average Bonchev–Trinajstić information content (AvgIpc) is 1.76. The van der Waals surface area contributed by atoms with Gasteiger partial charge in [0.25, 0.3) is 0 Å². The Morgan fingerprint density at radius 3 is 1.00 bits per heavy atom. The van der Waals surface area contributed by atoms with Crippen molar-refractivity contribution in [3.63, 3.8) is 0 Å². The van der Waals surface area contributed by atoms with Crippen molar-refractivity contribution in [2.75, 3.05) is 0 Å². The molecule has 8 heteroatoms. The Bertz CT molecular complexity index is 239. The molecule has 0 N–H and O–H groups in total. The molecule has 1 radical (unpaired) electrons. The van der Waals surface area contributed by atoms with Gasteiger partial charge in [0.2, 0.25) is 0 Å². The van der Waals surface area contributed by atoms with Crippen molar-refractivity contribution in [3.05, 3.63) is 0 Å². The van der Waals surface area contributed by atoms with Gasteiger partial charge in [-0.1, -0.05) is 0 Å². The van der Waals surface area contributed by atoms with Crippen LogP contribution in [0.1, 0.15) is 41.5 Å². The Morgan fingerprint density at radius 2 is 0.938 bits per heavy atom. The molecule has 0 rings (SSSR count). The van der Waals surface area contributed by atoms with Gasteiger partial charge in [0.05, 0.1) is 11.2 Å². The third-order valence-corrected chi connectivity index (χ3v) is 0.542. The zero-order valence-electron chi connectivity index (χ0n) is 10.2. The van der Waals surface area contributed by atoms with Gasteiger partial charge in [-0.25, -0.2) is 9.78 Å². The van der Waals surface area contributed by atoms with Gasteiger partial charge in [0.1, 0.15) is 0 Å². The monoisotopic (exact) mass is 349 g/mol. The SMILES string of the molecule is CC(C)(C)OOC(C)(C)C.O=S(=O)([O-])[O-].[Ag]. The van der Waals surface area contributed by atoms with Crippen LogP contribution in [0.4, 0.5) is 0 Å². The van der Waals surface area contributed by atoms with E-state index in [2.05, 4.69) is 0 Å². The molecule has 0 amide bonds. The van der Waals surface area contributed by atoms with Crippen LogP contribution >= 0.6 is 0 Å². The van der Waals surface area contributed by atoms with Crippen LogP contribution in [-0.2, 0) is 42.6 Å². The summed E-state index contributed by atoms with van der Waals surface area (Å²) in [6, 6.07) is 0. The van der Waals surface area contributed by atoms with E-state index in [1.807, 2.05) is 41.5 Å². The quantitative estimate of drug-likeness (QED) is 0.232. The molecule has 0 fully saturated rings. The fourth-order valence-corrected chi connectivity index (χ4v) is 0.250. The molecule has 0 aliphatic carbocycles. The van der Waals surface area contributed by atoms with Crippen LogP contribution in [-0.4, -0.2) is 28.7 Å². The third kappa shape index (κ3) is 46.9. The number of hydrogen-bond acceptors (Lipinski definition) is 6. The summed E-state index contributed by atoms with van der Waals surface area (Å²) in [6.45, 7) is 11.7. The van der Waals surface area contributed by atoms with E-state index >= 15 is 0 Å². The molecule has 0 unspecified atom stereocenters. The van der Waals surface area contributed by atoms with Gasteiger partial charge in [-0.3, -0.25) is 8.42 Å². The summed E-state index contributed by atoms with van der Waals surface area (Å²) in [5.74, 6) is 0. The Morgan fingerprint density at radius 1 is 0.812 bits per heavy atom. The van der Waals surface area contributed by atoms with Crippen LogP contribution in [0.15, 0.2) is 0 Å². The summed E-state index contributed by atoms with van der Waals surface area (Å²) in [4.78, 5) is 10.2. The maximum atomic E-state index is 8.52. The smallest absolute Gasteiger partial charge is 0.0952 e. The minimum Gasteiger partial charge on any atom is -0.759 e. The van der Waals surface area contributed by atoms with Crippen LogP contribution in [0, 0.1) is 0 Å². The standard InChI is InChI=1S/C8H18O2.Ag.H2O4S/c1-7(2,3)9-10-8(4,5)6;;1-5(2,3)4/h1-6H3;;(H2,1,2,3,4)/p-2. The molecule has 0 aliphatic rings. The van der Waals surface area contributed by atoms with E-state index in [0.29, 0.717) is 0 Å². The Hall–Kier alpha value is 0.530. The summed E-state index contributed by atoms with van der Waals surface area (Å²) < 4.78 is 34.1. The van der Waals surface area contributed by atoms with Crippen molar-refractivity contribution in [2.45, 2.75) is 52.7 Å². The fraction of sp³-hybridized carbons (Fsp3) is 1.00. The summed E-state index contributed by atoms with van der Waals surface area (Å²) in [5, 5.41) is 0. The first kappa shape index (κ1) is 21.8. The predicted octanol–water partition coefficient (Wildman–Crippen LogP) is 1.19. The van der Waals surface area contributed by atoms with Crippen molar-refractivity contribution in [2.24, 2.45) is 0 Å². The van der Waals surface area contributed by atoms with Crippen LogP contribution in [0.3, 0.4) is 0 Å². The van der Waals surface area contributed by atoms with E-state index in [0.717, 1.165) is 0 Å². The molecule has 0 aromatic heterocycles. The minimum atomic E-state index is -5.17. The first-order valence-corrected chi connectivity index (χ1v) is 5.57. The zero-order valence-corrected chi connectivity index (χ0v) is 12.5. The molecule has 0 aromatic rings. The second kappa shape index (κ2) is 7.78. The topological polar surface area (TPSA) is 98.7 Å². The van der Waals surface area contributed by atoms with Crippen molar-refractivity contribution in [1.29, 1.82) is 0 Å². The molecule has 16 heavy (non-hydrogen) atoms. The molecule has 0 heterocycles. The molecule has 105 valence electrons. The van der Waals surface area contributed by atoms with Crippen molar-refractivity contribution >= 4 is 10.4 Å². The maximum absolute atomic E-state index is 8.52. The molecule has 0 bridgehead atoms. The second-order valence-corrected chi connectivity index (χ2v) is 5.62. The normalized spacial score (nSPS) is 12.2.